The molecule has 0 spiro atoms. The van der Waals surface area contributed by atoms with Crippen LogP contribution < -0.4 is 5.32 Å². The molecular weight excluding hydrogens is 418 g/mol. The number of carbonyl (C=O) groups excluding carboxylic acids is 1. The summed E-state index contributed by atoms with van der Waals surface area (Å²) in [6.07, 6.45) is 3.20. The first-order chi connectivity index (χ1) is 15.6. The van der Waals surface area contributed by atoms with Gasteiger partial charge in [-0.15, -0.1) is 0 Å². The van der Waals surface area contributed by atoms with Crippen molar-refractivity contribution in [2.24, 2.45) is 0 Å². The second-order valence-corrected chi connectivity index (χ2v) is 9.26. The fourth-order valence-corrected chi connectivity index (χ4v) is 5.01. The van der Waals surface area contributed by atoms with E-state index >= 15 is 0 Å². The van der Waals surface area contributed by atoms with Gasteiger partial charge >= 0.3 is 0 Å². The molecule has 2 aromatic carbocycles. The number of hydrogen-bond donors (Lipinski definition) is 1. The first-order valence-electron chi connectivity index (χ1n) is 11.3. The number of imidazole rings is 1. The van der Waals surface area contributed by atoms with Crippen molar-refractivity contribution in [3.63, 3.8) is 0 Å². The summed E-state index contributed by atoms with van der Waals surface area (Å²) in [5, 5.41) is 4.14. The molecule has 1 amide bonds. The molecule has 4 rings (SSSR count). The Morgan fingerprint density at radius 1 is 1.16 bits per heavy atom. The van der Waals surface area contributed by atoms with Gasteiger partial charge in [0, 0.05) is 12.3 Å². The minimum atomic E-state index is -0.0678. The highest BCUT2D eigenvalue weighted by atomic mass is 32.2. The van der Waals surface area contributed by atoms with Gasteiger partial charge in [-0.25, -0.2) is 4.98 Å². The Labute approximate surface area is 194 Å². The summed E-state index contributed by atoms with van der Waals surface area (Å²) >= 11 is 1.50. The van der Waals surface area contributed by atoms with Gasteiger partial charge in [-0.3, -0.25) is 4.79 Å². The fourth-order valence-electron chi connectivity index (χ4n) is 4.09. The molecule has 0 bridgehead atoms. The predicted molar refractivity (Wildman–Crippen MR) is 129 cm³/mol. The summed E-state index contributed by atoms with van der Waals surface area (Å²) in [6.45, 7) is 5.76. The van der Waals surface area contributed by atoms with Gasteiger partial charge in [0.15, 0.2) is 5.16 Å². The summed E-state index contributed by atoms with van der Waals surface area (Å²) < 4.78 is 8.03. The van der Waals surface area contributed by atoms with Crippen LogP contribution in [-0.4, -0.2) is 33.9 Å². The van der Waals surface area contributed by atoms with Crippen LogP contribution in [0.1, 0.15) is 41.4 Å². The summed E-state index contributed by atoms with van der Waals surface area (Å²) in [7, 11) is 0. The van der Waals surface area contributed by atoms with E-state index in [1.54, 1.807) is 0 Å². The lowest BCUT2D eigenvalue weighted by atomic mass is 9.99. The Bertz CT molecular complexity index is 1010. The van der Waals surface area contributed by atoms with Crippen molar-refractivity contribution in [3.05, 3.63) is 83.2 Å². The average Bonchev–Trinajstić information content (AvgIpc) is 3.42. The lowest BCUT2D eigenvalue weighted by molar-refractivity contribution is -0.119. The largest absolute Gasteiger partial charge is 0.376 e. The summed E-state index contributed by atoms with van der Waals surface area (Å²) in [5.41, 5.74) is 4.47. The summed E-state index contributed by atoms with van der Waals surface area (Å²) in [5.74, 6) is 0.348. The molecule has 0 radical (unpaired) electrons. The fraction of sp³-hybridized carbons (Fsp3) is 0.385. The Balaban J connectivity index is 1.42. The van der Waals surface area contributed by atoms with Crippen LogP contribution in [0.3, 0.4) is 0 Å². The lowest BCUT2D eigenvalue weighted by Gasteiger charge is -2.20. The minimum absolute atomic E-state index is 0.0155. The van der Waals surface area contributed by atoms with Crippen LogP contribution in [0.5, 0.6) is 0 Å². The van der Waals surface area contributed by atoms with E-state index in [4.69, 9.17) is 9.72 Å². The number of carbonyl (C=O) groups is 1. The highest BCUT2D eigenvalue weighted by Gasteiger charge is 2.21. The van der Waals surface area contributed by atoms with Crippen molar-refractivity contribution in [3.8, 4) is 0 Å². The Morgan fingerprint density at radius 2 is 1.88 bits per heavy atom. The van der Waals surface area contributed by atoms with Gasteiger partial charge in [0.25, 0.3) is 0 Å². The third kappa shape index (κ3) is 5.81. The number of benzene rings is 2. The molecule has 1 N–H and O–H groups in total. The number of hydrogen-bond acceptors (Lipinski definition) is 4. The Kier molecular flexibility index (Phi) is 7.66. The number of aryl methyl sites for hydroxylation is 1. The van der Waals surface area contributed by atoms with E-state index in [2.05, 4.69) is 41.1 Å². The van der Waals surface area contributed by atoms with Crippen molar-refractivity contribution in [2.45, 2.75) is 57.0 Å². The summed E-state index contributed by atoms with van der Waals surface area (Å²) in [4.78, 5) is 17.7. The molecule has 1 aliphatic rings. The molecule has 1 saturated heterocycles. The van der Waals surface area contributed by atoms with Gasteiger partial charge in [0.1, 0.15) is 0 Å². The van der Waals surface area contributed by atoms with E-state index in [1.165, 1.54) is 17.3 Å². The number of amides is 1. The molecule has 32 heavy (non-hydrogen) atoms. The second kappa shape index (κ2) is 10.8. The lowest BCUT2D eigenvalue weighted by Crippen LogP contribution is -2.31. The molecule has 1 aliphatic heterocycles. The highest BCUT2D eigenvalue weighted by Crippen LogP contribution is 2.25. The van der Waals surface area contributed by atoms with Gasteiger partial charge in [0.2, 0.25) is 5.91 Å². The molecular formula is C26H31N3O2S. The Morgan fingerprint density at radius 3 is 2.56 bits per heavy atom. The standard InChI is InChI=1S/C26H31N3O2S/c1-19-20(2)29(17-23-14-9-15-31-23)26(27-19)32-18-25(30)28-24(22-12-7-4-8-13-22)16-21-10-5-3-6-11-21/h3-8,10-13,23-24H,9,14-18H2,1-2H3,(H,28,30)/t23-,24+/m1/s1. The van der Waals surface area contributed by atoms with Crippen LogP contribution in [0.25, 0.3) is 0 Å². The van der Waals surface area contributed by atoms with Gasteiger partial charge in [0.05, 0.1) is 30.1 Å². The number of nitrogens with one attached hydrogen (secondary N) is 1. The van der Waals surface area contributed by atoms with Crippen molar-refractivity contribution in [1.82, 2.24) is 14.9 Å². The van der Waals surface area contributed by atoms with Gasteiger partial charge < -0.3 is 14.6 Å². The molecule has 3 aromatic rings. The molecule has 0 aliphatic carbocycles. The molecule has 0 unspecified atom stereocenters. The number of ether oxygens (including phenoxy) is 1. The first kappa shape index (κ1) is 22.6. The predicted octanol–water partition coefficient (Wildman–Crippen LogP) is 4.87. The van der Waals surface area contributed by atoms with Gasteiger partial charge in [-0.05, 0) is 44.2 Å². The molecule has 2 atom stereocenters. The van der Waals surface area contributed by atoms with Crippen LogP contribution in [0.2, 0.25) is 0 Å². The third-order valence-electron chi connectivity index (χ3n) is 5.99. The smallest absolute Gasteiger partial charge is 0.230 e. The van der Waals surface area contributed by atoms with Crippen molar-refractivity contribution >= 4 is 17.7 Å². The zero-order valence-corrected chi connectivity index (χ0v) is 19.6. The van der Waals surface area contributed by atoms with E-state index in [9.17, 15) is 4.79 Å². The monoisotopic (exact) mass is 449 g/mol. The first-order valence-corrected chi connectivity index (χ1v) is 12.2. The van der Waals surface area contributed by atoms with Crippen molar-refractivity contribution in [2.75, 3.05) is 12.4 Å². The number of rotatable bonds is 9. The maximum Gasteiger partial charge on any atom is 0.230 e. The van der Waals surface area contributed by atoms with Gasteiger partial charge in [-0.1, -0.05) is 72.4 Å². The number of aromatic nitrogens is 2. The van der Waals surface area contributed by atoms with E-state index in [0.29, 0.717) is 5.75 Å². The number of nitrogens with zero attached hydrogens (tertiary/aromatic N) is 2. The van der Waals surface area contributed by atoms with Crippen LogP contribution in [0.15, 0.2) is 65.8 Å². The molecule has 5 nitrogen and oxygen atoms in total. The normalized spacial score (nSPS) is 16.8. The quantitative estimate of drug-likeness (QED) is 0.474. The molecule has 2 heterocycles. The van der Waals surface area contributed by atoms with Crippen molar-refractivity contribution < 1.29 is 9.53 Å². The van der Waals surface area contributed by atoms with E-state index in [-0.39, 0.29) is 18.1 Å². The maximum absolute atomic E-state index is 12.9. The molecule has 168 valence electrons. The second-order valence-electron chi connectivity index (χ2n) is 8.32. The van der Waals surface area contributed by atoms with E-state index in [0.717, 1.165) is 54.5 Å². The van der Waals surface area contributed by atoms with Crippen LogP contribution in [-0.2, 0) is 22.5 Å². The SMILES string of the molecule is Cc1nc(SCC(=O)N[C@@H](Cc2ccccc2)c2ccccc2)n(C[C@H]2CCCO2)c1C. The molecule has 1 aromatic heterocycles. The highest BCUT2D eigenvalue weighted by molar-refractivity contribution is 7.99. The topological polar surface area (TPSA) is 56.2 Å². The zero-order valence-electron chi connectivity index (χ0n) is 18.8. The molecule has 6 heteroatoms. The average molecular weight is 450 g/mol. The maximum atomic E-state index is 12.9. The molecule has 1 fully saturated rings. The van der Waals surface area contributed by atoms with Gasteiger partial charge in [-0.2, -0.15) is 0 Å². The number of thioether (sulfide) groups is 1. The summed E-state index contributed by atoms with van der Waals surface area (Å²) in [6, 6.07) is 20.4. The minimum Gasteiger partial charge on any atom is -0.376 e. The zero-order chi connectivity index (χ0) is 22.3. The van der Waals surface area contributed by atoms with Crippen LogP contribution in [0, 0.1) is 13.8 Å². The van der Waals surface area contributed by atoms with Crippen LogP contribution >= 0.6 is 11.8 Å². The van der Waals surface area contributed by atoms with E-state index < -0.39 is 0 Å². The molecule has 0 saturated carbocycles. The van der Waals surface area contributed by atoms with Crippen molar-refractivity contribution in [1.29, 1.82) is 0 Å². The van der Waals surface area contributed by atoms with Crippen LogP contribution in [0.4, 0.5) is 0 Å². The Hall–Kier alpha value is -2.57. The third-order valence-corrected chi connectivity index (χ3v) is 6.96. The van der Waals surface area contributed by atoms with E-state index in [1.807, 2.05) is 43.3 Å².